The lowest BCUT2D eigenvalue weighted by atomic mass is 10.0. The van der Waals surface area contributed by atoms with Crippen molar-refractivity contribution in [2.45, 2.75) is 120 Å². The van der Waals surface area contributed by atoms with E-state index in [0.717, 1.165) is 16.5 Å². The molecule has 17 N–H and O–H groups in total. The van der Waals surface area contributed by atoms with E-state index in [9.17, 15) is 38.4 Å². The molecule has 22 nitrogen and oxygen atoms in total. The van der Waals surface area contributed by atoms with Crippen LogP contribution < -0.4 is 60.2 Å². The number of hydrogen-bond donors (Lipinski definition) is 13. The fourth-order valence-electron chi connectivity index (χ4n) is 8.55. The van der Waals surface area contributed by atoms with Gasteiger partial charge in [-0.05, 0) is 80.3 Å². The van der Waals surface area contributed by atoms with Crippen LogP contribution in [-0.4, -0.2) is 124 Å². The number of carbonyl (C=O) groups excluding carboxylic acids is 8. The second kappa shape index (κ2) is 30.4. The number of aromatic nitrogens is 3. The van der Waals surface area contributed by atoms with Crippen molar-refractivity contribution in [2.24, 2.45) is 28.9 Å². The molecule has 5 rings (SSSR count). The predicted molar refractivity (Wildman–Crippen MR) is 287 cm³/mol. The number of para-hydroxylation sites is 1. The van der Waals surface area contributed by atoms with Gasteiger partial charge in [-0.3, -0.25) is 38.4 Å². The Balaban J connectivity index is 1.34. The number of imidazole rings is 1. The van der Waals surface area contributed by atoms with Gasteiger partial charge in [0, 0.05) is 54.7 Å². The van der Waals surface area contributed by atoms with E-state index in [2.05, 4.69) is 52.2 Å². The molecule has 0 aliphatic carbocycles. The molecule has 7 atom stereocenters. The zero-order valence-electron chi connectivity index (χ0n) is 43.1. The zero-order valence-corrected chi connectivity index (χ0v) is 43.1. The molecule has 22 heteroatoms. The van der Waals surface area contributed by atoms with Crippen LogP contribution in [0, 0.1) is 5.92 Å². The van der Waals surface area contributed by atoms with Gasteiger partial charge >= 0.3 is 0 Å². The number of unbranched alkanes of at least 4 members (excludes halogenated alkanes) is 2. The number of rotatable bonds is 32. The van der Waals surface area contributed by atoms with Crippen LogP contribution in [0.3, 0.4) is 0 Å². The van der Waals surface area contributed by atoms with Gasteiger partial charge in [0.2, 0.25) is 47.3 Å². The molecule has 2 aromatic heterocycles. The Labute approximate surface area is 442 Å². The van der Waals surface area contributed by atoms with Gasteiger partial charge in [0.15, 0.2) is 0 Å². The Morgan fingerprint density at radius 3 is 1.59 bits per heavy atom. The summed E-state index contributed by atoms with van der Waals surface area (Å²) in [5.41, 5.74) is 27.0. The first kappa shape index (κ1) is 58.9. The first-order valence-corrected chi connectivity index (χ1v) is 25.7. The van der Waals surface area contributed by atoms with Crippen molar-refractivity contribution in [1.82, 2.24) is 52.2 Å². The van der Waals surface area contributed by atoms with Crippen LogP contribution in [-0.2, 0) is 64.0 Å². The molecule has 3 aromatic carbocycles. The minimum atomic E-state index is -1.30. The number of fused-ring (bicyclic) bond motifs is 1. The number of hydrogen-bond acceptors (Lipinski definition) is 12. The van der Waals surface area contributed by atoms with Gasteiger partial charge < -0.3 is 70.1 Å². The molecule has 0 aliphatic rings. The first-order chi connectivity index (χ1) is 36.6. The number of amides is 8. The standard InChI is InChI=1S/C54H74N14O8/c1-33(2)47(48(58)70)68-54(76)44(26-35-17-7-4-8-18-35)66-51(73)41(21-11-13-23-55)63-46(69)31-61-50(72)45(27-36-29-60-40-20-10-9-19-38(36)40)67-52(74)42(22-12-14-24-56)64-53(75)43(25-34-15-5-3-6-16-34)65-49(71)39(57)28-37-30-59-32-62-37/h3-10,15-20,29-30,32-33,39,41-45,47,60H,11-14,21-28,31,55-57H2,1-2H3,(H2,58,70)(H,59,62)(H,61,72)(H,63,69)(H,64,75)(H,65,71)(H,66,73)(H,67,74)(H,68,76)/t39-,41-,42-,43-,44-,45-,47-/m0/s1. The van der Waals surface area contributed by atoms with Crippen LogP contribution in [0.1, 0.15) is 74.8 Å². The third-order valence-corrected chi connectivity index (χ3v) is 12.8. The zero-order chi connectivity index (χ0) is 55.0. The summed E-state index contributed by atoms with van der Waals surface area (Å²) in [6.07, 6.45) is 7.04. The molecule has 0 unspecified atom stereocenters. The molecule has 408 valence electrons. The van der Waals surface area contributed by atoms with E-state index >= 15 is 0 Å². The predicted octanol–water partition coefficient (Wildman–Crippen LogP) is -0.0868. The highest BCUT2D eigenvalue weighted by Gasteiger charge is 2.33. The highest BCUT2D eigenvalue weighted by atomic mass is 16.2. The van der Waals surface area contributed by atoms with E-state index in [4.69, 9.17) is 22.9 Å². The summed E-state index contributed by atoms with van der Waals surface area (Å²) in [6, 6.07) is 17.2. The van der Waals surface area contributed by atoms with E-state index in [1.54, 1.807) is 80.8 Å². The van der Waals surface area contributed by atoms with Crippen molar-refractivity contribution in [3.63, 3.8) is 0 Å². The first-order valence-electron chi connectivity index (χ1n) is 25.7. The van der Waals surface area contributed by atoms with Gasteiger partial charge in [0.25, 0.3) is 0 Å². The summed E-state index contributed by atoms with van der Waals surface area (Å²) < 4.78 is 0. The number of aromatic amines is 2. The number of carbonyl (C=O) groups is 8. The molecule has 0 saturated heterocycles. The molecular weight excluding hydrogens is 973 g/mol. The topological polar surface area (TPSA) is 369 Å². The van der Waals surface area contributed by atoms with Gasteiger partial charge in [-0.1, -0.05) is 92.7 Å². The van der Waals surface area contributed by atoms with Crippen LogP contribution in [0.5, 0.6) is 0 Å². The summed E-state index contributed by atoms with van der Waals surface area (Å²) in [6.45, 7) is 3.45. The lowest BCUT2D eigenvalue weighted by molar-refractivity contribution is -0.134. The molecule has 0 spiro atoms. The largest absolute Gasteiger partial charge is 0.368 e. The SMILES string of the molecule is CC(C)[C@H](NC(=O)[C@H](Cc1ccccc1)NC(=O)[C@H](CCCCN)NC(=O)CNC(=O)[C@H](Cc1c[nH]c2ccccc12)NC(=O)[C@H](CCCCN)NC(=O)[C@H](Cc1ccccc1)NC(=O)[C@@H](N)Cc1cnc[nH]1)C(N)=O. The monoisotopic (exact) mass is 1050 g/mol. The quantitative estimate of drug-likeness (QED) is 0.0252. The molecule has 8 amide bonds. The Kier molecular flexibility index (Phi) is 23.6. The summed E-state index contributed by atoms with van der Waals surface area (Å²) >= 11 is 0. The maximum absolute atomic E-state index is 14.5. The van der Waals surface area contributed by atoms with Gasteiger partial charge in [-0.25, -0.2) is 4.98 Å². The van der Waals surface area contributed by atoms with Gasteiger partial charge in [0.05, 0.1) is 18.9 Å². The summed E-state index contributed by atoms with van der Waals surface area (Å²) in [7, 11) is 0. The van der Waals surface area contributed by atoms with Crippen LogP contribution in [0.4, 0.5) is 0 Å². The highest BCUT2D eigenvalue weighted by Crippen LogP contribution is 2.20. The third-order valence-electron chi connectivity index (χ3n) is 12.8. The Bertz CT molecular complexity index is 2670. The van der Waals surface area contributed by atoms with Crippen molar-refractivity contribution in [1.29, 1.82) is 0 Å². The highest BCUT2D eigenvalue weighted by molar-refractivity contribution is 5.97. The molecule has 2 heterocycles. The number of nitrogens with one attached hydrogen (secondary N) is 9. The molecule has 0 bridgehead atoms. The van der Waals surface area contributed by atoms with E-state index in [1.807, 2.05) is 30.3 Å². The van der Waals surface area contributed by atoms with Crippen molar-refractivity contribution >= 4 is 58.2 Å². The molecule has 5 aromatic rings. The van der Waals surface area contributed by atoms with Crippen molar-refractivity contribution < 1.29 is 38.4 Å². The maximum atomic E-state index is 14.5. The summed E-state index contributed by atoms with van der Waals surface area (Å²) in [5, 5.41) is 19.9. The lowest BCUT2D eigenvalue weighted by Gasteiger charge is -2.26. The Morgan fingerprint density at radius 1 is 0.553 bits per heavy atom. The van der Waals surface area contributed by atoms with E-state index in [0.29, 0.717) is 55.6 Å². The third kappa shape index (κ3) is 18.8. The number of nitrogens with two attached hydrogens (primary N) is 4. The van der Waals surface area contributed by atoms with Crippen LogP contribution in [0.2, 0.25) is 0 Å². The smallest absolute Gasteiger partial charge is 0.243 e. The van der Waals surface area contributed by atoms with Crippen molar-refractivity contribution in [3.05, 3.63) is 126 Å². The number of nitrogens with zero attached hydrogens (tertiary/aromatic N) is 1. The van der Waals surface area contributed by atoms with Gasteiger partial charge in [-0.15, -0.1) is 0 Å². The fourth-order valence-corrected chi connectivity index (χ4v) is 8.55. The molecule has 0 aliphatic heterocycles. The average molecular weight is 1050 g/mol. The molecule has 0 radical (unpaired) electrons. The maximum Gasteiger partial charge on any atom is 0.243 e. The number of benzene rings is 3. The van der Waals surface area contributed by atoms with Crippen molar-refractivity contribution in [2.75, 3.05) is 19.6 Å². The normalized spacial score (nSPS) is 14.0. The van der Waals surface area contributed by atoms with Crippen LogP contribution in [0.25, 0.3) is 10.9 Å². The fraction of sp³-hybridized carbons (Fsp3) is 0.426. The molecule has 0 fully saturated rings. The number of H-pyrrole nitrogens is 2. The van der Waals surface area contributed by atoms with E-state index < -0.39 is 96.1 Å². The van der Waals surface area contributed by atoms with Crippen LogP contribution >= 0.6 is 0 Å². The Hall–Kier alpha value is -7.95. The second-order valence-corrected chi connectivity index (χ2v) is 19.1. The minimum absolute atomic E-state index is 0.0456. The minimum Gasteiger partial charge on any atom is -0.368 e. The summed E-state index contributed by atoms with van der Waals surface area (Å²) in [4.78, 5) is 120. The second-order valence-electron chi connectivity index (χ2n) is 19.1. The molecule has 76 heavy (non-hydrogen) atoms. The number of primary amides is 1. The van der Waals surface area contributed by atoms with E-state index in [1.165, 1.54) is 6.33 Å². The van der Waals surface area contributed by atoms with E-state index in [-0.39, 0.29) is 44.4 Å². The Morgan fingerprint density at radius 2 is 1.05 bits per heavy atom. The summed E-state index contributed by atoms with van der Waals surface area (Å²) in [5.74, 6) is -5.92. The van der Waals surface area contributed by atoms with Gasteiger partial charge in [0.1, 0.15) is 36.3 Å². The van der Waals surface area contributed by atoms with Crippen LogP contribution in [0.15, 0.2) is 104 Å². The van der Waals surface area contributed by atoms with Crippen molar-refractivity contribution in [3.8, 4) is 0 Å². The lowest BCUT2D eigenvalue weighted by Crippen LogP contribution is -2.59. The average Bonchev–Trinajstić information content (AvgIpc) is 4.08. The van der Waals surface area contributed by atoms with Gasteiger partial charge in [-0.2, -0.15) is 0 Å². The molecule has 0 saturated carbocycles. The molecular formula is C54H74N14O8.